The number of carbonyl (C=O) groups excluding carboxylic acids is 2. The summed E-state index contributed by atoms with van der Waals surface area (Å²) in [6.07, 6.45) is 4.55. The van der Waals surface area contributed by atoms with E-state index in [0.717, 1.165) is 24.0 Å². The van der Waals surface area contributed by atoms with Crippen molar-refractivity contribution in [2.45, 2.75) is 39.7 Å². The first-order valence-corrected chi connectivity index (χ1v) is 9.35. The molecular formula is C21H26N4O2. The number of carbonyl (C=O) groups is 2. The molecule has 0 spiro atoms. The Balaban J connectivity index is 1.62. The van der Waals surface area contributed by atoms with Gasteiger partial charge in [-0.15, -0.1) is 0 Å². The first-order valence-electron chi connectivity index (χ1n) is 9.35. The minimum absolute atomic E-state index is 0.187. The maximum Gasteiger partial charge on any atom is 0.323 e. The van der Waals surface area contributed by atoms with Crippen LogP contribution in [0.1, 0.15) is 47.3 Å². The summed E-state index contributed by atoms with van der Waals surface area (Å²) in [4.78, 5) is 30.2. The molecule has 0 fully saturated rings. The van der Waals surface area contributed by atoms with Crippen LogP contribution in [0.4, 0.5) is 10.6 Å². The molecule has 2 aromatic rings. The molecule has 6 nitrogen and oxygen atoms in total. The number of benzene rings is 1. The number of pyridine rings is 1. The Hall–Kier alpha value is -2.89. The number of anilines is 1. The molecule has 3 rings (SSSR count). The van der Waals surface area contributed by atoms with Crippen molar-refractivity contribution in [2.75, 3.05) is 11.9 Å². The number of nitrogens with two attached hydrogens (primary N) is 1. The molecule has 0 radical (unpaired) electrons. The van der Waals surface area contributed by atoms with Crippen molar-refractivity contribution >= 4 is 17.8 Å². The van der Waals surface area contributed by atoms with Crippen LogP contribution < -0.4 is 11.1 Å². The molecule has 0 unspecified atom stereocenters. The highest BCUT2D eigenvalue weighted by atomic mass is 16.2. The van der Waals surface area contributed by atoms with Gasteiger partial charge in [0.2, 0.25) is 5.91 Å². The zero-order chi connectivity index (χ0) is 19.4. The zero-order valence-corrected chi connectivity index (χ0v) is 15.9. The Bertz CT molecular complexity index is 831. The van der Waals surface area contributed by atoms with Gasteiger partial charge in [0.15, 0.2) is 0 Å². The predicted octanol–water partition coefficient (Wildman–Crippen LogP) is 3.36. The molecule has 2 heterocycles. The second kappa shape index (κ2) is 8.20. The Morgan fingerprint density at radius 2 is 2.07 bits per heavy atom. The van der Waals surface area contributed by atoms with E-state index in [1.165, 1.54) is 5.56 Å². The van der Waals surface area contributed by atoms with Gasteiger partial charge in [-0.05, 0) is 54.0 Å². The number of urea groups is 1. The van der Waals surface area contributed by atoms with Crippen LogP contribution in [0.5, 0.6) is 0 Å². The first-order chi connectivity index (χ1) is 12.9. The van der Waals surface area contributed by atoms with Crippen molar-refractivity contribution in [1.29, 1.82) is 0 Å². The quantitative estimate of drug-likeness (QED) is 0.850. The summed E-state index contributed by atoms with van der Waals surface area (Å²) < 4.78 is 0. The second-order valence-corrected chi connectivity index (χ2v) is 7.39. The molecular weight excluding hydrogens is 340 g/mol. The average molecular weight is 366 g/mol. The first kappa shape index (κ1) is 18.9. The maximum absolute atomic E-state index is 12.6. The molecule has 142 valence electrons. The summed E-state index contributed by atoms with van der Waals surface area (Å²) in [6.45, 7) is 5.39. The summed E-state index contributed by atoms with van der Waals surface area (Å²) in [5, 5.41) is 2.86. The minimum atomic E-state index is -0.425. The number of aryl methyl sites for hydroxylation is 1. The Morgan fingerprint density at radius 1 is 1.26 bits per heavy atom. The highest BCUT2D eigenvalue weighted by Crippen LogP contribution is 2.23. The molecule has 1 aliphatic rings. The van der Waals surface area contributed by atoms with Gasteiger partial charge in [-0.3, -0.25) is 10.1 Å². The normalized spacial score (nSPS) is 13.4. The Morgan fingerprint density at radius 3 is 2.74 bits per heavy atom. The number of hydrogen-bond donors (Lipinski definition) is 2. The molecule has 0 aliphatic carbocycles. The van der Waals surface area contributed by atoms with Crippen molar-refractivity contribution in [3.8, 4) is 0 Å². The smallest absolute Gasteiger partial charge is 0.323 e. The van der Waals surface area contributed by atoms with E-state index in [2.05, 4.69) is 24.1 Å². The molecule has 0 saturated carbocycles. The van der Waals surface area contributed by atoms with Crippen LogP contribution in [0.15, 0.2) is 36.5 Å². The Labute approximate surface area is 159 Å². The number of aromatic nitrogens is 1. The lowest BCUT2D eigenvalue weighted by Crippen LogP contribution is -2.39. The number of nitrogens with zero attached hydrogens (tertiary/aromatic N) is 2. The van der Waals surface area contributed by atoms with Crippen molar-refractivity contribution in [3.63, 3.8) is 0 Å². The second-order valence-electron chi connectivity index (χ2n) is 7.39. The third kappa shape index (κ3) is 4.64. The highest BCUT2D eigenvalue weighted by Gasteiger charge is 2.23. The number of hydrogen-bond acceptors (Lipinski definition) is 3. The summed E-state index contributed by atoms with van der Waals surface area (Å²) in [5.74, 6) is 0.776. The minimum Gasteiger partial charge on any atom is -0.366 e. The summed E-state index contributed by atoms with van der Waals surface area (Å²) in [5.41, 5.74) is 9.07. The van der Waals surface area contributed by atoms with Crippen LogP contribution >= 0.6 is 0 Å². The van der Waals surface area contributed by atoms with Crippen LogP contribution in [-0.4, -0.2) is 28.4 Å². The van der Waals surface area contributed by atoms with E-state index in [4.69, 9.17) is 5.73 Å². The van der Waals surface area contributed by atoms with E-state index in [1.54, 1.807) is 17.0 Å². The van der Waals surface area contributed by atoms with Crippen molar-refractivity contribution in [2.24, 2.45) is 11.7 Å². The van der Waals surface area contributed by atoms with Crippen molar-refractivity contribution < 1.29 is 9.59 Å². The lowest BCUT2D eigenvalue weighted by atomic mass is 9.94. The van der Waals surface area contributed by atoms with Gasteiger partial charge in [-0.2, -0.15) is 0 Å². The molecule has 0 atom stereocenters. The van der Waals surface area contributed by atoms with Crippen LogP contribution in [0.25, 0.3) is 0 Å². The molecule has 1 aromatic heterocycles. The van der Waals surface area contributed by atoms with E-state index in [0.29, 0.717) is 36.8 Å². The standard InChI is InChI=1S/C21H26N4O2/c1-14(2)6-7-15-8-9-19(23-12-15)24-21(27)25-11-10-17-16(13-25)4-3-5-18(17)20(22)26/h3-5,8-9,12,14H,6-7,10-11,13H2,1-2H3,(H2,22,26)(H,23,24,27). The van der Waals surface area contributed by atoms with Crippen LogP contribution in [0.2, 0.25) is 0 Å². The summed E-state index contributed by atoms with van der Waals surface area (Å²) in [6, 6.07) is 9.14. The molecule has 0 saturated heterocycles. The van der Waals surface area contributed by atoms with Gasteiger partial charge in [0.05, 0.1) is 0 Å². The van der Waals surface area contributed by atoms with E-state index in [1.807, 2.05) is 24.4 Å². The van der Waals surface area contributed by atoms with E-state index >= 15 is 0 Å². The van der Waals surface area contributed by atoms with Crippen LogP contribution in [0.3, 0.4) is 0 Å². The summed E-state index contributed by atoms with van der Waals surface area (Å²) in [7, 11) is 0. The molecule has 3 N–H and O–H groups in total. The third-order valence-corrected chi connectivity index (χ3v) is 4.89. The third-order valence-electron chi connectivity index (χ3n) is 4.89. The van der Waals surface area contributed by atoms with Gasteiger partial charge in [0.1, 0.15) is 5.82 Å². The number of primary amides is 1. The average Bonchev–Trinajstić information content (AvgIpc) is 2.66. The lowest BCUT2D eigenvalue weighted by Gasteiger charge is -2.29. The lowest BCUT2D eigenvalue weighted by molar-refractivity contribution is 0.0999. The number of fused-ring (bicyclic) bond motifs is 1. The van der Waals surface area contributed by atoms with E-state index in [-0.39, 0.29) is 6.03 Å². The van der Waals surface area contributed by atoms with Gasteiger partial charge in [-0.1, -0.05) is 32.0 Å². The van der Waals surface area contributed by atoms with Gasteiger partial charge in [-0.25, -0.2) is 9.78 Å². The number of amides is 3. The molecule has 1 aliphatic heterocycles. The maximum atomic E-state index is 12.6. The van der Waals surface area contributed by atoms with Crippen LogP contribution in [-0.2, 0) is 19.4 Å². The molecule has 3 amide bonds. The topological polar surface area (TPSA) is 88.3 Å². The van der Waals surface area contributed by atoms with Gasteiger partial charge >= 0.3 is 6.03 Å². The monoisotopic (exact) mass is 366 g/mol. The van der Waals surface area contributed by atoms with Crippen molar-refractivity contribution in [1.82, 2.24) is 9.88 Å². The number of rotatable bonds is 5. The van der Waals surface area contributed by atoms with E-state index in [9.17, 15) is 9.59 Å². The fourth-order valence-corrected chi connectivity index (χ4v) is 3.30. The van der Waals surface area contributed by atoms with Crippen LogP contribution in [0, 0.1) is 5.92 Å². The largest absolute Gasteiger partial charge is 0.366 e. The van der Waals surface area contributed by atoms with E-state index < -0.39 is 5.91 Å². The molecule has 27 heavy (non-hydrogen) atoms. The fourth-order valence-electron chi connectivity index (χ4n) is 3.30. The Kier molecular flexibility index (Phi) is 5.74. The summed E-state index contributed by atoms with van der Waals surface area (Å²) >= 11 is 0. The zero-order valence-electron chi connectivity index (χ0n) is 15.9. The van der Waals surface area contributed by atoms with Crippen molar-refractivity contribution in [3.05, 3.63) is 58.8 Å². The predicted molar refractivity (Wildman–Crippen MR) is 105 cm³/mol. The molecule has 0 bridgehead atoms. The SMILES string of the molecule is CC(C)CCc1ccc(NC(=O)N2CCc3c(cccc3C(N)=O)C2)nc1. The number of nitrogens with one attached hydrogen (secondary N) is 1. The van der Waals surface area contributed by atoms with Gasteiger partial charge in [0, 0.05) is 24.8 Å². The molecule has 1 aromatic carbocycles. The van der Waals surface area contributed by atoms with Gasteiger partial charge < -0.3 is 10.6 Å². The fraction of sp³-hybridized carbons (Fsp3) is 0.381. The highest BCUT2D eigenvalue weighted by molar-refractivity contribution is 5.95. The van der Waals surface area contributed by atoms with Gasteiger partial charge in [0.25, 0.3) is 0 Å². The molecule has 6 heteroatoms.